The Morgan fingerprint density at radius 2 is 2.23 bits per heavy atom. The lowest BCUT2D eigenvalue weighted by atomic mass is 10.1. The van der Waals surface area contributed by atoms with Gasteiger partial charge in [0.05, 0.1) is 0 Å². The number of rotatable bonds is 2. The van der Waals surface area contributed by atoms with E-state index in [1.165, 1.54) is 5.56 Å². The Labute approximate surface area is 77.5 Å². The van der Waals surface area contributed by atoms with Crippen LogP contribution in [0, 0.1) is 6.92 Å². The summed E-state index contributed by atoms with van der Waals surface area (Å²) in [6.45, 7) is 4.06. The smallest absolute Gasteiger partial charge is 0.409 e. The molecule has 0 aliphatic carbocycles. The highest BCUT2D eigenvalue weighted by molar-refractivity contribution is 5.68. The van der Waals surface area contributed by atoms with Crippen molar-refractivity contribution in [3.8, 4) is 5.75 Å². The maximum Gasteiger partial charge on any atom is 0.409 e. The van der Waals surface area contributed by atoms with Crippen molar-refractivity contribution in [3.63, 3.8) is 0 Å². The summed E-state index contributed by atoms with van der Waals surface area (Å²) < 4.78 is 4.73. The first-order valence-corrected chi connectivity index (χ1v) is 4.20. The monoisotopic (exact) mass is 179 g/mol. The molecule has 0 fully saturated rings. The topological polar surface area (TPSA) is 52.3 Å². The van der Waals surface area contributed by atoms with Crippen LogP contribution in [0.25, 0.3) is 0 Å². The summed E-state index contributed by atoms with van der Waals surface area (Å²) in [6.07, 6.45) is 0.200. The predicted octanol–water partition coefficient (Wildman–Crippen LogP) is 2.01. The van der Waals surface area contributed by atoms with Crippen LogP contribution in [0.5, 0.6) is 5.75 Å². The number of aryl methyl sites for hydroxylation is 2. The Morgan fingerprint density at radius 1 is 1.54 bits per heavy atom. The van der Waals surface area contributed by atoms with Gasteiger partial charge in [-0.3, -0.25) is 0 Å². The third-order valence-electron chi connectivity index (χ3n) is 1.91. The van der Waals surface area contributed by atoms with Gasteiger partial charge in [0, 0.05) is 0 Å². The molecule has 3 nitrogen and oxygen atoms in total. The van der Waals surface area contributed by atoms with E-state index in [1.54, 1.807) is 6.07 Å². The second kappa shape index (κ2) is 3.94. The van der Waals surface area contributed by atoms with Gasteiger partial charge in [-0.2, -0.15) is 0 Å². The molecule has 13 heavy (non-hydrogen) atoms. The third kappa shape index (κ3) is 2.47. The molecule has 0 saturated heterocycles. The Balaban J connectivity index is 2.89. The molecule has 0 aliphatic heterocycles. The molecule has 0 saturated carbocycles. The number of carbonyl (C=O) groups excluding carboxylic acids is 1. The Morgan fingerprint density at radius 3 is 2.69 bits per heavy atom. The second-order valence-corrected chi connectivity index (χ2v) is 2.86. The molecule has 1 rings (SSSR count). The molecule has 3 heteroatoms. The van der Waals surface area contributed by atoms with Gasteiger partial charge in [0.25, 0.3) is 0 Å². The Hall–Kier alpha value is -1.51. The number of benzene rings is 1. The lowest BCUT2D eigenvalue weighted by molar-refractivity contribution is 0.211. The van der Waals surface area contributed by atoms with Crippen LogP contribution in [0.15, 0.2) is 18.2 Å². The van der Waals surface area contributed by atoms with E-state index in [1.807, 2.05) is 19.1 Å². The van der Waals surface area contributed by atoms with Gasteiger partial charge in [-0.1, -0.05) is 13.0 Å². The van der Waals surface area contributed by atoms with Crippen molar-refractivity contribution >= 4 is 6.09 Å². The fourth-order valence-electron chi connectivity index (χ4n) is 1.24. The minimum atomic E-state index is -0.774. The maximum absolute atomic E-state index is 10.4. The van der Waals surface area contributed by atoms with E-state index in [0.29, 0.717) is 5.75 Å². The molecule has 70 valence electrons. The number of nitrogens with two attached hydrogens (primary N) is 1. The highest BCUT2D eigenvalue weighted by Crippen LogP contribution is 2.17. The van der Waals surface area contributed by atoms with E-state index in [4.69, 9.17) is 10.5 Å². The van der Waals surface area contributed by atoms with Crippen LogP contribution in [-0.4, -0.2) is 6.09 Å². The van der Waals surface area contributed by atoms with E-state index in [-0.39, 0.29) is 0 Å². The van der Waals surface area contributed by atoms with Gasteiger partial charge in [-0.05, 0) is 36.6 Å². The summed E-state index contributed by atoms with van der Waals surface area (Å²) in [6, 6.07) is 5.49. The first kappa shape index (κ1) is 9.58. The fraction of sp³-hybridized carbons (Fsp3) is 0.300. The van der Waals surface area contributed by atoms with E-state index >= 15 is 0 Å². The number of amides is 1. The zero-order valence-corrected chi connectivity index (χ0v) is 7.83. The minimum absolute atomic E-state index is 0.502. The molecular formula is C10H13NO2. The summed E-state index contributed by atoms with van der Waals surface area (Å²) in [5.74, 6) is 0.502. The largest absolute Gasteiger partial charge is 0.410 e. The van der Waals surface area contributed by atoms with Crippen molar-refractivity contribution in [2.75, 3.05) is 0 Å². The summed E-state index contributed by atoms with van der Waals surface area (Å²) in [4.78, 5) is 10.4. The molecule has 1 aromatic rings. The average Bonchev–Trinajstić information content (AvgIpc) is 2.03. The predicted molar refractivity (Wildman–Crippen MR) is 50.8 cm³/mol. The van der Waals surface area contributed by atoms with Crippen molar-refractivity contribution in [1.82, 2.24) is 0 Å². The summed E-state index contributed by atoms with van der Waals surface area (Å²) in [7, 11) is 0. The number of ether oxygens (including phenoxy) is 1. The first-order chi connectivity index (χ1) is 6.13. The number of primary amides is 1. The number of hydrogen-bond donors (Lipinski definition) is 1. The van der Waals surface area contributed by atoms with Gasteiger partial charge in [0.2, 0.25) is 0 Å². The summed E-state index contributed by atoms with van der Waals surface area (Å²) in [5.41, 5.74) is 7.24. The summed E-state index contributed by atoms with van der Waals surface area (Å²) in [5, 5.41) is 0. The zero-order chi connectivity index (χ0) is 9.84. The Kier molecular flexibility index (Phi) is 2.90. The van der Waals surface area contributed by atoms with Gasteiger partial charge in [-0.25, -0.2) is 4.79 Å². The maximum atomic E-state index is 10.4. The van der Waals surface area contributed by atoms with E-state index in [2.05, 4.69) is 6.92 Å². The molecule has 2 N–H and O–H groups in total. The van der Waals surface area contributed by atoms with Gasteiger partial charge in [0.15, 0.2) is 0 Å². The lowest BCUT2D eigenvalue weighted by Crippen LogP contribution is -2.16. The molecular weight excluding hydrogens is 166 g/mol. The third-order valence-corrected chi connectivity index (χ3v) is 1.91. The summed E-state index contributed by atoms with van der Waals surface area (Å²) >= 11 is 0. The molecule has 0 atom stereocenters. The molecule has 0 heterocycles. The number of hydrogen-bond acceptors (Lipinski definition) is 2. The van der Waals surface area contributed by atoms with E-state index in [9.17, 15) is 4.79 Å². The van der Waals surface area contributed by atoms with Crippen LogP contribution in [0.2, 0.25) is 0 Å². The average molecular weight is 179 g/mol. The fourth-order valence-corrected chi connectivity index (χ4v) is 1.24. The van der Waals surface area contributed by atoms with Crippen LogP contribution in [0.4, 0.5) is 4.79 Å². The Bertz CT molecular complexity index is 321. The van der Waals surface area contributed by atoms with Crippen molar-refractivity contribution in [2.45, 2.75) is 20.3 Å². The van der Waals surface area contributed by atoms with Crippen molar-refractivity contribution in [2.24, 2.45) is 5.73 Å². The van der Waals surface area contributed by atoms with Crippen LogP contribution in [0.1, 0.15) is 18.1 Å². The first-order valence-electron chi connectivity index (χ1n) is 4.20. The zero-order valence-electron chi connectivity index (χ0n) is 7.83. The molecule has 0 aromatic heterocycles. The van der Waals surface area contributed by atoms with Gasteiger partial charge >= 0.3 is 6.09 Å². The van der Waals surface area contributed by atoms with E-state index < -0.39 is 6.09 Å². The van der Waals surface area contributed by atoms with Crippen LogP contribution < -0.4 is 10.5 Å². The number of carbonyl (C=O) groups is 1. The molecule has 0 radical (unpaired) electrons. The lowest BCUT2D eigenvalue weighted by Gasteiger charge is -2.05. The molecule has 0 unspecified atom stereocenters. The van der Waals surface area contributed by atoms with Crippen LogP contribution in [-0.2, 0) is 6.42 Å². The van der Waals surface area contributed by atoms with Gasteiger partial charge in [0.1, 0.15) is 5.75 Å². The molecule has 1 aromatic carbocycles. The quantitative estimate of drug-likeness (QED) is 0.755. The van der Waals surface area contributed by atoms with Crippen LogP contribution >= 0.6 is 0 Å². The van der Waals surface area contributed by atoms with Crippen molar-refractivity contribution in [3.05, 3.63) is 29.3 Å². The van der Waals surface area contributed by atoms with Crippen molar-refractivity contribution < 1.29 is 9.53 Å². The minimum Gasteiger partial charge on any atom is -0.410 e. The molecule has 0 bridgehead atoms. The van der Waals surface area contributed by atoms with Gasteiger partial charge in [-0.15, -0.1) is 0 Å². The van der Waals surface area contributed by atoms with Gasteiger partial charge < -0.3 is 10.5 Å². The normalized spacial score (nSPS) is 9.69. The second-order valence-electron chi connectivity index (χ2n) is 2.86. The SMILES string of the molecule is CCc1ccc(OC(N)=O)cc1C. The highest BCUT2D eigenvalue weighted by Gasteiger charge is 2.01. The molecule has 0 spiro atoms. The molecule has 0 aliphatic rings. The molecule has 1 amide bonds. The standard InChI is InChI=1S/C10H13NO2/c1-3-8-4-5-9(6-7(8)2)13-10(11)12/h4-6H,3H2,1-2H3,(H2,11,12). The van der Waals surface area contributed by atoms with Crippen molar-refractivity contribution in [1.29, 1.82) is 0 Å². The van der Waals surface area contributed by atoms with E-state index in [0.717, 1.165) is 12.0 Å². The van der Waals surface area contributed by atoms with Crippen LogP contribution in [0.3, 0.4) is 0 Å². The highest BCUT2D eigenvalue weighted by atomic mass is 16.5.